The Morgan fingerprint density at radius 2 is 2.03 bits per heavy atom. The van der Waals surface area contributed by atoms with E-state index in [2.05, 4.69) is 24.9 Å². The molecule has 0 aliphatic carbocycles. The highest BCUT2D eigenvalue weighted by Crippen LogP contribution is 2.36. The predicted molar refractivity (Wildman–Crippen MR) is 134 cm³/mol. The maximum Gasteiger partial charge on any atom is 0.387 e. The molecule has 0 atom stereocenters. The van der Waals surface area contributed by atoms with Gasteiger partial charge in [0, 0.05) is 24.9 Å². The number of rotatable bonds is 6. The number of fused-ring (bicyclic) bond motifs is 1. The first-order valence-electron chi connectivity index (χ1n) is 11.1. The summed E-state index contributed by atoms with van der Waals surface area (Å²) in [6.45, 7) is -1.42. The van der Waals surface area contributed by atoms with Gasteiger partial charge >= 0.3 is 6.61 Å². The second-order valence-corrected chi connectivity index (χ2v) is 10.3. The minimum Gasteiger partial charge on any atom is -0.435 e. The zero-order valence-electron chi connectivity index (χ0n) is 18.5. The number of aliphatic imine (C=N–C) groups is 1. The quantitative estimate of drug-likeness (QED) is 0.460. The predicted octanol–water partition coefficient (Wildman–Crippen LogP) is 5.34. The van der Waals surface area contributed by atoms with Crippen LogP contribution in [0.15, 0.2) is 57.2 Å². The van der Waals surface area contributed by atoms with Gasteiger partial charge in [-0.3, -0.25) is 4.79 Å². The number of hydrogen-bond acceptors (Lipinski definition) is 8. The van der Waals surface area contributed by atoms with Gasteiger partial charge in [0.15, 0.2) is 4.34 Å². The Morgan fingerprint density at radius 1 is 1.23 bits per heavy atom. The number of amides is 1. The number of thiazole rings is 1. The molecule has 2 N–H and O–H groups in total. The second-order valence-electron chi connectivity index (χ2n) is 8.14. The van der Waals surface area contributed by atoms with E-state index in [1.54, 1.807) is 17.5 Å². The monoisotopic (exact) mass is 516 g/mol. The van der Waals surface area contributed by atoms with E-state index >= 15 is 0 Å². The van der Waals surface area contributed by atoms with Gasteiger partial charge in [0.25, 0.3) is 5.91 Å². The average molecular weight is 517 g/mol. The Morgan fingerprint density at radius 3 is 2.83 bits per heavy atom. The van der Waals surface area contributed by atoms with E-state index in [4.69, 9.17) is 0 Å². The van der Waals surface area contributed by atoms with Gasteiger partial charge in [-0.15, -0.1) is 11.3 Å². The van der Waals surface area contributed by atoms with Crippen molar-refractivity contribution in [2.75, 3.05) is 23.3 Å². The van der Waals surface area contributed by atoms with E-state index < -0.39 is 6.61 Å². The van der Waals surface area contributed by atoms with Crippen LogP contribution in [0.2, 0.25) is 0 Å². The van der Waals surface area contributed by atoms with E-state index in [-0.39, 0.29) is 17.8 Å². The van der Waals surface area contributed by atoms with Crippen molar-refractivity contribution in [3.05, 3.63) is 59.1 Å². The molecule has 0 spiro atoms. The molecule has 1 saturated heterocycles. The molecular formula is C24H22F2N4O3S2. The smallest absolute Gasteiger partial charge is 0.387 e. The van der Waals surface area contributed by atoms with Crippen molar-refractivity contribution in [1.29, 1.82) is 0 Å². The fourth-order valence-electron chi connectivity index (χ4n) is 4.04. The van der Waals surface area contributed by atoms with Crippen LogP contribution in [0.4, 0.5) is 25.8 Å². The largest absolute Gasteiger partial charge is 0.435 e. The molecule has 0 unspecified atom stereocenters. The van der Waals surface area contributed by atoms with Crippen LogP contribution in [0.1, 0.15) is 28.9 Å². The lowest BCUT2D eigenvalue weighted by atomic mass is 10.1. The number of aromatic nitrogens is 1. The van der Waals surface area contributed by atoms with Gasteiger partial charge in [-0.05, 0) is 60.5 Å². The molecule has 0 saturated carbocycles. The van der Waals surface area contributed by atoms with Crippen molar-refractivity contribution in [2.45, 2.75) is 36.3 Å². The van der Waals surface area contributed by atoms with Gasteiger partial charge in [-0.2, -0.15) is 8.78 Å². The Bertz CT molecular complexity index is 1260. The molecule has 7 nitrogen and oxygen atoms in total. The zero-order valence-corrected chi connectivity index (χ0v) is 20.1. The summed E-state index contributed by atoms with van der Waals surface area (Å²) < 4.78 is 30.1. The van der Waals surface area contributed by atoms with Crippen LogP contribution in [0.25, 0.3) is 0 Å². The number of nitrogens with one attached hydrogen (secondary N) is 1. The van der Waals surface area contributed by atoms with Gasteiger partial charge in [0.05, 0.1) is 28.2 Å². The number of thioether (sulfide) groups is 1. The highest BCUT2D eigenvalue weighted by molar-refractivity contribution is 8.15. The first-order chi connectivity index (χ1) is 16.9. The number of halogens is 2. The fraction of sp³-hybridized carbons (Fsp3) is 0.292. The third-order valence-corrected chi connectivity index (χ3v) is 7.65. The SMILES string of the molecule is O=C(Nc1ccccc1N1CCC(O)CC1)c1csc(SC2=Nc3ccc(OC(F)F)cc3C2)n1. The normalized spacial score (nSPS) is 15.8. The Kier molecular flexibility index (Phi) is 6.98. The van der Waals surface area contributed by atoms with Crippen molar-refractivity contribution in [3.8, 4) is 5.75 Å². The minimum absolute atomic E-state index is 0.106. The van der Waals surface area contributed by atoms with E-state index in [1.807, 2.05) is 24.3 Å². The molecule has 2 aromatic carbocycles. The summed E-state index contributed by atoms with van der Waals surface area (Å²) in [6.07, 6.45) is 1.61. The van der Waals surface area contributed by atoms with Gasteiger partial charge in [0.2, 0.25) is 0 Å². The molecule has 5 rings (SSSR count). The van der Waals surface area contributed by atoms with Crippen LogP contribution in [0.5, 0.6) is 5.75 Å². The molecule has 0 bridgehead atoms. The highest BCUT2D eigenvalue weighted by Gasteiger charge is 2.22. The number of aliphatic hydroxyl groups is 1. The van der Waals surface area contributed by atoms with Crippen molar-refractivity contribution in [3.63, 3.8) is 0 Å². The number of para-hydroxylation sites is 2. The van der Waals surface area contributed by atoms with E-state index in [1.165, 1.54) is 29.2 Å². The first-order valence-corrected chi connectivity index (χ1v) is 12.8. The Balaban J connectivity index is 1.22. The van der Waals surface area contributed by atoms with E-state index in [0.29, 0.717) is 40.7 Å². The summed E-state index contributed by atoms with van der Waals surface area (Å²) in [4.78, 5) is 24.1. The topological polar surface area (TPSA) is 87.1 Å². The molecule has 0 radical (unpaired) electrons. The van der Waals surface area contributed by atoms with Crippen LogP contribution in [-0.4, -0.2) is 46.8 Å². The summed E-state index contributed by atoms with van der Waals surface area (Å²) >= 11 is 2.70. The molecule has 1 fully saturated rings. The molecule has 1 aromatic heterocycles. The maximum absolute atomic E-state index is 12.9. The summed E-state index contributed by atoms with van der Waals surface area (Å²) in [5.74, 6) is -0.197. The van der Waals surface area contributed by atoms with Gasteiger partial charge < -0.3 is 20.1 Å². The number of carbonyl (C=O) groups excluding carboxylic acids is 1. The minimum atomic E-state index is -2.87. The van der Waals surface area contributed by atoms with Crippen molar-refractivity contribution in [2.24, 2.45) is 4.99 Å². The third-order valence-electron chi connectivity index (χ3n) is 5.74. The molecule has 182 valence electrons. The van der Waals surface area contributed by atoms with Gasteiger partial charge in [-0.1, -0.05) is 12.1 Å². The lowest BCUT2D eigenvalue weighted by Gasteiger charge is -2.32. The van der Waals surface area contributed by atoms with Crippen LogP contribution < -0.4 is 15.0 Å². The Labute approximate surface area is 208 Å². The number of benzene rings is 2. The van der Waals surface area contributed by atoms with E-state index in [0.717, 1.165) is 29.4 Å². The average Bonchev–Trinajstić information content (AvgIpc) is 3.46. The highest BCUT2D eigenvalue weighted by atomic mass is 32.2. The van der Waals surface area contributed by atoms with Crippen molar-refractivity contribution >= 4 is 51.1 Å². The molecule has 1 amide bonds. The first kappa shape index (κ1) is 23.7. The number of piperidine rings is 1. The number of aliphatic hydroxyl groups excluding tert-OH is 1. The van der Waals surface area contributed by atoms with Crippen molar-refractivity contribution in [1.82, 2.24) is 4.98 Å². The van der Waals surface area contributed by atoms with Gasteiger partial charge in [-0.25, -0.2) is 9.98 Å². The van der Waals surface area contributed by atoms with Crippen LogP contribution >= 0.6 is 23.1 Å². The molecule has 35 heavy (non-hydrogen) atoms. The summed E-state index contributed by atoms with van der Waals surface area (Å²) in [7, 11) is 0. The molecule has 3 heterocycles. The summed E-state index contributed by atoms with van der Waals surface area (Å²) in [6, 6.07) is 12.3. The lowest BCUT2D eigenvalue weighted by molar-refractivity contribution is -0.0498. The summed E-state index contributed by atoms with van der Waals surface area (Å²) in [5, 5.41) is 15.2. The number of nitrogens with zero attached hydrogens (tertiary/aromatic N) is 3. The van der Waals surface area contributed by atoms with Crippen molar-refractivity contribution < 1.29 is 23.4 Å². The number of ether oxygens (including phenoxy) is 1. The summed E-state index contributed by atoms with van der Waals surface area (Å²) in [5.41, 5.74) is 3.46. The van der Waals surface area contributed by atoms with Crippen LogP contribution in [0, 0.1) is 0 Å². The maximum atomic E-state index is 12.9. The van der Waals surface area contributed by atoms with E-state index in [9.17, 15) is 18.7 Å². The van der Waals surface area contributed by atoms with Crippen LogP contribution in [-0.2, 0) is 6.42 Å². The molecule has 11 heteroatoms. The fourth-order valence-corrected chi connectivity index (χ4v) is 5.91. The molecule has 3 aromatic rings. The zero-order chi connectivity index (χ0) is 24.4. The van der Waals surface area contributed by atoms with Crippen LogP contribution in [0.3, 0.4) is 0 Å². The number of hydrogen-bond donors (Lipinski definition) is 2. The number of anilines is 2. The third kappa shape index (κ3) is 5.63. The molecule has 2 aliphatic heterocycles. The standard InChI is InChI=1S/C24H22F2N4O3S2/c25-23(26)33-16-5-6-17-14(11-16)12-21(27-17)35-24-29-19(13-34-24)22(32)28-18-3-1-2-4-20(18)30-9-7-15(31)8-10-30/h1-6,11,13,15,23,31H,7-10,12H2,(H,28,32). The second kappa shape index (κ2) is 10.3. The van der Waals surface area contributed by atoms with Gasteiger partial charge in [0.1, 0.15) is 11.4 Å². The number of carbonyl (C=O) groups is 1. The number of alkyl halides is 2. The Hall–Kier alpha value is -3.02. The molecular weight excluding hydrogens is 494 g/mol. The molecule has 2 aliphatic rings. The lowest BCUT2D eigenvalue weighted by Crippen LogP contribution is -2.36.